The maximum absolute atomic E-state index is 12.1. The predicted octanol–water partition coefficient (Wildman–Crippen LogP) is 2.50. The number of ether oxygens (including phenoxy) is 1. The van der Waals surface area contributed by atoms with Gasteiger partial charge in [-0.3, -0.25) is 14.6 Å². The second-order valence-corrected chi connectivity index (χ2v) is 4.92. The molecule has 0 saturated carbocycles. The number of carbonyl (C=O) groups is 2. The number of anilines is 2. The van der Waals surface area contributed by atoms with Gasteiger partial charge in [-0.25, -0.2) is 0 Å². The molecule has 120 valence electrons. The largest absolute Gasteiger partial charge is 0.491 e. The quantitative estimate of drug-likeness (QED) is 0.916. The zero-order valence-corrected chi connectivity index (χ0v) is 13.3. The summed E-state index contributed by atoms with van der Waals surface area (Å²) in [5, 5.41) is 2.80. The molecule has 1 N–H and O–H groups in total. The summed E-state index contributed by atoms with van der Waals surface area (Å²) in [6.45, 7) is 0.360. The van der Waals surface area contributed by atoms with Crippen LogP contribution in [0.1, 0.15) is 16.8 Å². The molecule has 6 nitrogen and oxygen atoms in total. The molecule has 0 unspecified atom stereocenters. The van der Waals surface area contributed by atoms with Gasteiger partial charge in [0, 0.05) is 30.7 Å². The fourth-order valence-electron chi connectivity index (χ4n) is 2.24. The molecule has 0 atom stereocenters. The molecule has 1 aliphatic heterocycles. The van der Waals surface area contributed by atoms with Crippen molar-refractivity contribution in [2.75, 3.05) is 23.9 Å². The number of fused-ring (bicyclic) bond motifs is 1. The number of amides is 2. The highest BCUT2D eigenvalue weighted by molar-refractivity contribution is 6.05. The van der Waals surface area contributed by atoms with Gasteiger partial charge in [0.2, 0.25) is 5.91 Å². The molecule has 3 rings (SSSR count). The van der Waals surface area contributed by atoms with Gasteiger partial charge in [0.1, 0.15) is 5.75 Å². The molecule has 1 aromatic heterocycles. The molecule has 0 saturated heterocycles. The Bertz CT molecular complexity index is 722. The highest BCUT2D eigenvalue weighted by Gasteiger charge is 2.20. The van der Waals surface area contributed by atoms with E-state index in [4.69, 9.17) is 4.74 Å². The number of hydrogen-bond donors (Lipinski definition) is 1. The fraction of sp³-hybridized carbons (Fsp3) is 0.188. The summed E-state index contributed by atoms with van der Waals surface area (Å²) >= 11 is 0. The molecule has 2 heterocycles. The van der Waals surface area contributed by atoms with E-state index >= 15 is 0 Å². The lowest BCUT2D eigenvalue weighted by Gasteiger charge is -2.17. The van der Waals surface area contributed by atoms with E-state index in [0.717, 1.165) is 0 Å². The summed E-state index contributed by atoms with van der Waals surface area (Å²) in [5.41, 5.74) is 1.77. The summed E-state index contributed by atoms with van der Waals surface area (Å²) in [6, 6.07) is 8.51. The van der Waals surface area contributed by atoms with Crippen LogP contribution in [0.5, 0.6) is 5.75 Å². The van der Waals surface area contributed by atoms with E-state index in [2.05, 4.69) is 10.3 Å². The number of nitrogens with zero attached hydrogens (tertiary/aromatic N) is 2. The summed E-state index contributed by atoms with van der Waals surface area (Å²) in [7, 11) is 1.70. The van der Waals surface area contributed by atoms with Crippen LogP contribution >= 0.6 is 12.4 Å². The molecule has 2 amide bonds. The third-order valence-corrected chi connectivity index (χ3v) is 3.47. The van der Waals surface area contributed by atoms with E-state index in [1.54, 1.807) is 54.7 Å². The molecular formula is C16H16ClN3O3. The van der Waals surface area contributed by atoms with Crippen molar-refractivity contribution < 1.29 is 14.3 Å². The number of benzene rings is 1. The molecule has 0 bridgehead atoms. The second-order valence-electron chi connectivity index (χ2n) is 4.92. The number of pyridine rings is 1. The number of halogens is 1. The van der Waals surface area contributed by atoms with Crippen molar-refractivity contribution in [3.8, 4) is 5.75 Å². The van der Waals surface area contributed by atoms with Crippen molar-refractivity contribution in [1.82, 2.24) is 4.98 Å². The van der Waals surface area contributed by atoms with Crippen molar-refractivity contribution >= 4 is 35.6 Å². The highest BCUT2D eigenvalue weighted by Crippen LogP contribution is 2.33. The zero-order chi connectivity index (χ0) is 15.5. The molecule has 1 aliphatic rings. The van der Waals surface area contributed by atoms with Gasteiger partial charge >= 0.3 is 0 Å². The molecule has 0 aliphatic carbocycles. The molecule has 1 aromatic carbocycles. The average molecular weight is 334 g/mol. The minimum Gasteiger partial charge on any atom is -0.491 e. The number of hydrogen-bond acceptors (Lipinski definition) is 4. The van der Waals surface area contributed by atoms with Crippen molar-refractivity contribution in [2.24, 2.45) is 0 Å². The van der Waals surface area contributed by atoms with Crippen molar-refractivity contribution in [3.63, 3.8) is 0 Å². The van der Waals surface area contributed by atoms with Crippen LogP contribution in [-0.4, -0.2) is 30.5 Å². The molecular weight excluding hydrogens is 318 g/mol. The maximum Gasteiger partial charge on any atom is 0.255 e. The lowest BCUT2D eigenvalue weighted by atomic mass is 10.2. The Morgan fingerprint density at radius 2 is 2.00 bits per heavy atom. The number of rotatable bonds is 2. The van der Waals surface area contributed by atoms with E-state index < -0.39 is 0 Å². The minimum atomic E-state index is -0.231. The van der Waals surface area contributed by atoms with Crippen LogP contribution in [0.2, 0.25) is 0 Å². The van der Waals surface area contributed by atoms with Gasteiger partial charge < -0.3 is 15.0 Å². The van der Waals surface area contributed by atoms with Gasteiger partial charge in [-0.15, -0.1) is 12.4 Å². The molecule has 2 aromatic rings. The normalized spacial score (nSPS) is 13.3. The standard InChI is InChI=1S/C16H15N3O3.ClH/c1-19-13-10-12(2-3-14(13)22-9-6-15(19)20)18-16(21)11-4-7-17-8-5-11;/h2-5,7-8,10H,6,9H2,1H3,(H,18,21);1H. The third-order valence-electron chi connectivity index (χ3n) is 3.47. The topological polar surface area (TPSA) is 71.5 Å². The maximum atomic E-state index is 12.1. The SMILES string of the molecule is CN1C(=O)CCOc2ccc(NC(=O)c3ccncc3)cc21.Cl. The number of nitrogens with one attached hydrogen (secondary N) is 1. The van der Waals surface area contributed by atoms with Crippen LogP contribution in [-0.2, 0) is 4.79 Å². The Kier molecular flexibility index (Phi) is 5.18. The van der Waals surface area contributed by atoms with E-state index in [9.17, 15) is 9.59 Å². The minimum absolute atomic E-state index is 0. The lowest BCUT2D eigenvalue weighted by molar-refractivity contribution is -0.118. The van der Waals surface area contributed by atoms with E-state index in [1.807, 2.05) is 0 Å². The smallest absolute Gasteiger partial charge is 0.255 e. The third kappa shape index (κ3) is 3.60. The zero-order valence-electron chi connectivity index (χ0n) is 12.5. The number of carbonyl (C=O) groups excluding carboxylic acids is 2. The fourth-order valence-corrected chi connectivity index (χ4v) is 2.24. The lowest BCUT2D eigenvalue weighted by Crippen LogP contribution is -2.25. The van der Waals surface area contributed by atoms with E-state index in [-0.39, 0.29) is 24.2 Å². The first-order valence-corrected chi connectivity index (χ1v) is 6.90. The number of aromatic nitrogens is 1. The van der Waals surface area contributed by atoms with E-state index in [1.165, 1.54) is 0 Å². The van der Waals surface area contributed by atoms with Crippen molar-refractivity contribution in [3.05, 3.63) is 48.3 Å². The van der Waals surface area contributed by atoms with Gasteiger partial charge in [0.25, 0.3) is 5.91 Å². The summed E-state index contributed by atoms with van der Waals surface area (Å²) in [5.74, 6) is 0.387. The van der Waals surface area contributed by atoms with Gasteiger partial charge in [-0.1, -0.05) is 0 Å². The van der Waals surface area contributed by atoms with Crippen LogP contribution < -0.4 is 15.0 Å². The second kappa shape index (κ2) is 7.11. The first kappa shape index (κ1) is 16.8. The average Bonchev–Trinajstić information content (AvgIpc) is 2.68. The highest BCUT2D eigenvalue weighted by atomic mass is 35.5. The molecule has 0 spiro atoms. The van der Waals surface area contributed by atoms with Crippen molar-refractivity contribution in [2.45, 2.75) is 6.42 Å². The van der Waals surface area contributed by atoms with Crippen molar-refractivity contribution in [1.29, 1.82) is 0 Å². The first-order chi connectivity index (χ1) is 10.6. The Hall–Kier alpha value is -2.60. The van der Waals surface area contributed by atoms with Crippen LogP contribution in [0, 0.1) is 0 Å². The van der Waals surface area contributed by atoms with Crippen LogP contribution in [0.25, 0.3) is 0 Å². The van der Waals surface area contributed by atoms with Crippen LogP contribution in [0.4, 0.5) is 11.4 Å². The molecule has 0 fully saturated rings. The first-order valence-electron chi connectivity index (χ1n) is 6.90. The summed E-state index contributed by atoms with van der Waals surface area (Å²) < 4.78 is 5.55. The van der Waals surface area contributed by atoms with E-state index in [0.29, 0.717) is 35.7 Å². The van der Waals surface area contributed by atoms with Gasteiger partial charge in [0.05, 0.1) is 18.7 Å². The summed E-state index contributed by atoms with van der Waals surface area (Å²) in [6.07, 6.45) is 3.46. The Balaban J connectivity index is 0.00000192. The monoisotopic (exact) mass is 333 g/mol. The predicted molar refractivity (Wildman–Crippen MR) is 89.4 cm³/mol. The van der Waals surface area contributed by atoms with Crippen LogP contribution in [0.3, 0.4) is 0 Å². The van der Waals surface area contributed by atoms with Gasteiger partial charge in [-0.2, -0.15) is 0 Å². The molecule has 23 heavy (non-hydrogen) atoms. The van der Waals surface area contributed by atoms with Crippen LogP contribution in [0.15, 0.2) is 42.7 Å². The van der Waals surface area contributed by atoms with Gasteiger partial charge in [-0.05, 0) is 30.3 Å². The van der Waals surface area contributed by atoms with Gasteiger partial charge in [0.15, 0.2) is 0 Å². The molecule has 0 radical (unpaired) electrons. The Labute approximate surface area is 139 Å². The summed E-state index contributed by atoms with van der Waals surface area (Å²) in [4.78, 5) is 29.5. The Morgan fingerprint density at radius 1 is 1.26 bits per heavy atom. The Morgan fingerprint density at radius 3 is 2.74 bits per heavy atom. The molecule has 7 heteroatoms.